The van der Waals surface area contributed by atoms with Gasteiger partial charge < -0.3 is 15.0 Å². The van der Waals surface area contributed by atoms with Crippen molar-refractivity contribution in [2.24, 2.45) is 0 Å². The lowest BCUT2D eigenvalue weighted by atomic mass is 10.0. The Bertz CT molecular complexity index is 825. The van der Waals surface area contributed by atoms with Crippen molar-refractivity contribution in [1.29, 1.82) is 0 Å². The van der Waals surface area contributed by atoms with Gasteiger partial charge in [-0.05, 0) is 60.8 Å². The molecule has 138 valence electrons. The molecule has 4 rings (SSSR count). The number of hydrogen-bond acceptors (Lipinski definition) is 3. The van der Waals surface area contributed by atoms with Crippen LogP contribution in [-0.4, -0.2) is 32.0 Å². The van der Waals surface area contributed by atoms with Gasteiger partial charge in [0.2, 0.25) is 0 Å². The van der Waals surface area contributed by atoms with Crippen molar-refractivity contribution in [2.45, 2.75) is 25.2 Å². The van der Waals surface area contributed by atoms with Crippen LogP contribution in [0.15, 0.2) is 36.4 Å². The lowest BCUT2D eigenvalue weighted by molar-refractivity contribution is -0.274. The molecule has 2 heterocycles. The van der Waals surface area contributed by atoms with Crippen molar-refractivity contribution >= 4 is 17.3 Å². The zero-order valence-corrected chi connectivity index (χ0v) is 14.7. The third-order valence-electron chi connectivity index (χ3n) is 4.95. The van der Waals surface area contributed by atoms with Crippen LogP contribution in [0.1, 0.15) is 12.0 Å². The quantitative estimate of drug-likeness (QED) is 0.819. The fourth-order valence-electron chi connectivity index (χ4n) is 3.84. The number of benzene rings is 2. The molecule has 2 aliphatic heterocycles. The summed E-state index contributed by atoms with van der Waals surface area (Å²) in [5.74, 6) is -0.312. The molecular weight excluding hydrogens is 365 g/mol. The van der Waals surface area contributed by atoms with Gasteiger partial charge in [0.1, 0.15) is 5.75 Å². The van der Waals surface area contributed by atoms with Gasteiger partial charge in [0.25, 0.3) is 0 Å². The third kappa shape index (κ3) is 3.48. The Kier molecular flexibility index (Phi) is 4.49. The molecule has 0 amide bonds. The van der Waals surface area contributed by atoms with Gasteiger partial charge in [0.15, 0.2) is 0 Å². The lowest BCUT2D eigenvalue weighted by Crippen LogP contribution is -2.32. The summed E-state index contributed by atoms with van der Waals surface area (Å²) in [6.07, 6.45) is -2.64. The van der Waals surface area contributed by atoms with Gasteiger partial charge in [-0.25, -0.2) is 0 Å². The minimum atomic E-state index is -4.73. The molecule has 1 fully saturated rings. The van der Waals surface area contributed by atoms with E-state index in [-0.39, 0.29) is 10.8 Å². The summed E-state index contributed by atoms with van der Waals surface area (Å²) in [6.45, 7) is 2.99. The Balaban J connectivity index is 1.62. The number of alkyl halides is 3. The summed E-state index contributed by atoms with van der Waals surface area (Å²) in [6, 6.07) is 10.7. The number of anilines is 1. The number of fused-ring (bicyclic) bond motifs is 3. The van der Waals surface area contributed by atoms with Crippen LogP contribution in [-0.2, 0) is 6.42 Å². The topological polar surface area (TPSA) is 24.5 Å². The summed E-state index contributed by atoms with van der Waals surface area (Å²) in [7, 11) is 0. The molecule has 1 N–H and O–H groups in total. The van der Waals surface area contributed by atoms with Crippen molar-refractivity contribution in [2.75, 3.05) is 24.5 Å². The molecule has 0 aromatic heterocycles. The Hall–Kier alpha value is -1.92. The summed E-state index contributed by atoms with van der Waals surface area (Å²) >= 11 is 6.22. The van der Waals surface area contributed by atoms with Gasteiger partial charge in [0.05, 0.1) is 5.02 Å². The number of halogens is 4. The highest BCUT2D eigenvalue weighted by atomic mass is 35.5. The maximum atomic E-state index is 12.3. The minimum absolute atomic E-state index is 0.239. The van der Waals surface area contributed by atoms with Crippen LogP contribution in [0.25, 0.3) is 11.1 Å². The summed E-state index contributed by atoms with van der Waals surface area (Å²) in [5, 5.41) is 3.66. The lowest BCUT2D eigenvalue weighted by Gasteiger charge is -2.24. The third-order valence-corrected chi connectivity index (χ3v) is 5.27. The first-order valence-electron chi connectivity index (χ1n) is 8.57. The van der Waals surface area contributed by atoms with E-state index >= 15 is 0 Å². The Labute approximate surface area is 154 Å². The van der Waals surface area contributed by atoms with E-state index in [2.05, 4.69) is 27.1 Å². The zero-order chi connectivity index (χ0) is 18.3. The zero-order valence-electron chi connectivity index (χ0n) is 13.9. The van der Waals surface area contributed by atoms with Gasteiger partial charge in [-0.1, -0.05) is 17.7 Å². The molecule has 0 aliphatic carbocycles. The average molecular weight is 383 g/mol. The molecule has 1 unspecified atom stereocenters. The first kappa shape index (κ1) is 17.5. The number of rotatable bonds is 2. The van der Waals surface area contributed by atoms with Crippen molar-refractivity contribution in [3.05, 3.63) is 47.0 Å². The second kappa shape index (κ2) is 6.67. The number of nitrogens with one attached hydrogen (secondary N) is 1. The van der Waals surface area contributed by atoms with E-state index in [0.717, 1.165) is 38.0 Å². The Morgan fingerprint density at radius 1 is 1.12 bits per heavy atom. The average Bonchev–Trinajstić information content (AvgIpc) is 2.74. The molecule has 1 atom stereocenters. The number of hydrogen-bond donors (Lipinski definition) is 1. The first-order valence-corrected chi connectivity index (χ1v) is 8.94. The number of nitrogens with zero attached hydrogens (tertiary/aromatic N) is 1. The summed E-state index contributed by atoms with van der Waals surface area (Å²) < 4.78 is 41.0. The molecule has 1 saturated heterocycles. The second-order valence-corrected chi connectivity index (χ2v) is 7.03. The molecular formula is C19H18ClF3N2O. The minimum Gasteiger partial charge on any atom is -0.406 e. The van der Waals surface area contributed by atoms with Crippen LogP contribution in [0.4, 0.5) is 18.9 Å². The Morgan fingerprint density at radius 3 is 2.73 bits per heavy atom. The standard InChI is InChI=1S/C19H18ClF3N2O/c20-17-11-15(26-19(21,22)23)2-3-16(17)12-1-4-18-13(9-12)10-14-5-6-24-7-8-25(14)18/h1-4,9,11,14,24H,5-8,10H2. The van der Waals surface area contributed by atoms with E-state index < -0.39 is 6.36 Å². The predicted octanol–water partition coefficient (Wildman–Crippen LogP) is 4.63. The maximum Gasteiger partial charge on any atom is 0.573 e. The monoisotopic (exact) mass is 382 g/mol. The van der Waals surface area contributed by atoms with Gasteiger partial charge in [-0.15, -0.1) is 13.2 Å². The molecule has 2 aromatic rings. The van der Waals surface area contributed by atoms with Gasteiger partial charge >= 0.3 is 6.36 Å². The van der Waals surface area contributed by atoms with Crippen molar-refractivity contribution in [1.82, 2.24) is 5.32 Å². The van der Waals surface area contributed by atoms with E-state index in [1.165, 1.54) is 23.4 Å². The van der Waals surface area contributed by atoms with Gasteiger partial charge in [-0.2, -0.15) is 0 Å². The normalized spacial score (nSPS) is 19.7. The molecule has 0 bridgehead atoms. The molecule has 7 heteroatoms. The van der Waals surface area contributed by atoms with Crippen LogP contribution < -0.4 is 15.0 Å². The summed E-state index contributed by atoms with van der Waals surface area (Å²) in [5.41, 5.74) is 4.12. The largest absolute Gasteiger partial charge is 0.573 e. The van der Waals surface area contributed by atoms with E-state index in [9.17, 15) is 13.2 Å². The van der Waals surface area contributed by atoms with Crippen LogP contribution >= 0.6 is 11.6 Å². The van der Waals surface area contributed by atoms with Gasteiger partial charge in [-0.3, -0.25) is 0 Å². The van der Waals surface area contributed by atoms with Crippen molar-refractivity contribution in [3.63, 3.8) is 0 Å². The predicted molar refractivity (Wildman–Crippen MR) is 95.9 cm³/mol. The molecule has 26 heavy (non-hydrogen) atoms. The van der Waals surface area contributed by atoms with Crippen LogP contribution in [0, 0.1) is 0 Å². The number of ether oxygens (including phenoxy) is 1. The molecule has 0 spiro atoms. The van der Waals surface area contributed by atoms with Gasteiger partial charge in [0, 0.05) is 30.4 Å². The maximum absolute atomic E-state index is 12.3. The van der Waals surface area contributed by atoms with Crippen LogP contribution in [0.2, 0.25) is 5.02 Å². The molecule has 0 saturated carbocycles. The molecule has 3 nitrogen and oxygen atoms in total. The highest BCUT2D eigenvalue weighted by Crippen LogP contribution is 2.39. The highest BCUT2D eigenvalue weighted by Gasteiger charge is 2.32. The fraction of sp³-hybridized carbons (Fsp3) is 0.368. The Morgan fingerprint density at radius 2 is 1.96 bits per heavy atom. The van der Waals surface area contributed by atoms with Crippen molar-refractivity contribution < 1.29 is 17.9 Å². The van der Waals surface area contributed by atoms with E-state index in [1.807, 2.05) is 6.07 Å². The van der Waals surface area contributed by atoms with Crippen molar-refractivity contribution in [3.8, 4) is 16.9 Å². The molecule has 2 aliphatic rings. The fourth-order valence-corrected chi connectivity index (χ4v) is 4.12. The van der Waals surface area contributed by atoms with Crippen LogP contribution in [0.5, 0.6) is 5.75 Å². The van der Waals surface area contributed by atoms with Crippen LogP contribution in [0.3, 0.4) is 0 Å². The van der Waals surface area contributed by atoms with E-state index in [4.69, 9.17) is 11.6 Å². The van der Waals surface area contributed by atoms with E-state index in [1.54, 1.807) is 6.07 Å². The van der Waals surface area contributed by atoms with E-state index in [0.29, 0.717) is 11.6 Å². The smallest absolute Gasteiger partial charge is 0.406 e. The SMILES string of the molecule is FC(F)(F)Oc1ccc(-c2ccc3c(c2)CC2CCNCCN32)c(Cl)c1. The summed E-state index contributed by atoms with van der Waals surface area (Å²) in [4.78, 5) is 2.45. The first-order chi connectivity index (χ1) is 12.4. The molecule has 2 aromatic carbocycles. The highest BCUT2D eigenvalue weighted by molar-refractivity contribution is 6.33. The molecule has 0 radical (unpaired) electrons. The second-order valence-electron chi connectivity index (χ2n) is 6.62.